The van der Waals surface area contributed by atoms with Crippen molar-refractivity contribution in [2.45, 2.75) is 20.1 Å². The number of hydrogen-bond acceptors (Lipinski definition) is 4. The molecule has 2 rings (SSSR count). The minimum Gasteiger partial charge on any atom is -0.280 e. The van der Waals surface area contributed by atoms with E-state index < -0.39 is 11.4 Å². The Labute approximate surface area is 142 Å². The van der Waals surface area contributed by atoms with Crippen LogP contribution < -0.4 is 5.56 Å². The third-order valence-corrected chi connectivity index (χ3v) is 4.05. The highest BCUT2D eigenvalue weighted by Crippen LogP contribution is 2.16. The fraction of sp³-hybridized carbons (Fsp3) is 0.267. The molecule has 0 spiro atoms. The molecule has 5 nitrogen and oxygen atoms in total. The minimum atomic E-state index is -0.502. The van der Waals surface area contributed by atoms with E-state index in [1.54, 1.807) is 12.1 Å². The van der Waals surface area contributed by atoms with E-state index in [-0.39, 0.29) is 28.8 Å². The maximum atomic E-state index is 14.0. The van der Waals surface area contributed by atoms with Gasteiger partial charge in [-0.25, -0.2) is 9.07 Å². The summed E-state index contributed by atoms with van der Waals surface area (Å²) in [5, 5.41) is 12.7. The van der Waals surface area contributed by atoms with Gasteiger partial charge < -0.3 is 0 Å². The lowest BCUT2D eigenvalue weighted by molar-refractivity contribution is 0.201. The highest BCUT2D eigenvalue weighted by atomic mass is 35.5. The second-order valence-corrected chi connectivity index (χ2v) is 5.60. The maximum absolute atomic E-state index is 14.0. The van der Waals surface area contributed by atoms with Crippen LogP contribution in [0.25, 0.3) is 0 Å². The van der Waals surface area contributed by atoms with Gasteiger partial charge in [0.2, 0.25) is 0 Å². The SMILES string of the molecule is CCN(Cc1ccc(C#N)cc1F)Cn1ncc(Cl)c(Cl)c1=O. The van der Waals surface area contributed by atoms with Gasteiger partial charge in [0.25, 0.3) is 5.56 Å². The van der Waals surface area contributed by atoms with E-state index in [1.165, 1.54) is 16.9 Å². The molecule has 2 aromatic rings. The first-order valence-electron chi connectivity index (χ1n) is 6.78. The van der Waals surface area contributed by atoms with Crippen LogP contribution in [0.4, 0.5) is 4.39 Å². The third kappa shape index (κ3) is 4.08. The van der Waals surface area contributed by atoms with Gasteiger partial charge in [-0.3, -0.25) is 9.69 Å². The second kappa shape index (κ2) is 7.55. The lowest BCUT2D eigenvalue weighted by Gasteiger charge is -2.21. The molecule has 1 heterocycles. The number of benzene rings is 1. The van der Waals surface area contributed by atoms with Gasteiger partial charge in [-0.05, 0) is 18.7 Å². The first-order valence-corrected chi connectivity index (χ1v) is 7.53. The molecule has 0 saturated heterocycles. The Kier molecular flexibility index (Phi) is 5.72. The summed E-state index contributed by atoms with van der Waals surface area (Å²) in [6.45, 7) is 2.85. The summed E-state index contributed by atoms with van der Waals surface area (Å²) >= 11 is 11.6. The van der Waals surface area contributed by atoms with Crippen LogP contribution >= 0.6 is 23.2 Å². The molecule has 0 saturated carbocycles. The summed E-state index contributed by atoms with van der Waals surface area (Å²) in [5.41, 5.74) is 0.188. The number of hydrogen-bond donors (Lipinski definition) is 0. The lowest BCUT2D eigenvalue weighted by atomic mass is 10.1. The average molecular weight is 355 g/mol. The number of halogens is 3. The van der Waals surface area contributed by atoms with Gasteiger partial charge >= 0.3 is 0 Å². The van der Waals surface area contributed by atoms with E-state index in [0.29, 0.717) is 12.1 Å². The lowest BCUT2D eigenvalue weighted by Crippen LogP contribution is -2.34. The summed E-state index contributed by atoms with van der Waals surface area (Å²) in [7, 11) is 0. The van der Waals surface area contributed by atoms with Gasteiger partial charge in [-0.15, -0.1) is 0 Å². The number of nitrogens with zero attached hydrogens (tertiary/aromatic N) is 4. The van der Waals surface area contributed by atoms with Gasteiger partial charge in [-0.1, -0.05) is 36.2 Å². The van der Waals surface area contributed by atoms with Crippen molar-refractivity contribution >= 4 is 23.2 Å². The molecular weight excluding hydrogens is 342 g/mol. The standard InChI is InChI=1S/C15H13Cl2FN4O/c1-2-21(8-11-4-3-10(6-19)5-13(11)18)9-22-15(23)14(17)12(16)7-20-22/h3-5,7H,2,8-9H2,1H3. The van der Waals surface area contributed by atoms with Crippen LogP contribution in [-0.4, -0.2) is 21.2 Å². The van der Waals surface area contributed by atoms with Crippen molar-refractivity contribution in [1.29, 1.82) is 5.26 Å². The molecular formula is C15H13Cl2FN4O. The Morgan fingerprint density at radius 3 is 2.78 bits per heavy atom. The summed E-state index contributed by atoms with van der Waals surface area (Å²) in [6.07, 6.45) is 1.29. The van der Waals surface area contributed by atoms with Crippen molar-refractivity contribution < 1.29 is 4.39 Å². The molecule has 23 heavy (non-hydrogen) atoms. The van der Waals surface area contributed by atoms with Crippen LogP contribution in [0, 0.1) is 17.1 Å². The first kappa shape index (κ1) is 17.4. The molecule has 0 aliphatic heterocycles. The van der Waals surface area contributed by atoms with E-state index in [0.717, 1.165) is 0 Å². The van der Waals surface area contributed by atoms with E-state index >= 15 is 0 Å². The van der Waals surface area contributed by atoms with Crippen LogP contribution in [0.2, 0.25) is 10.0 Å². The molecule has 0 atom stereocenters. The molecule has 0 unspecified atom stereocenters. The molecule has 8 heteroatoms. The smallest absolute Gasteiger partial charge is 0.280 e. The Hall–Kier alpha value is -1.94. The molecule has 1 aromatic heterocycles. The van der Waals surface area contributed by atoms with Crippen LogP contribution in [0.15, 0.2) is 29.2 Å². The van der Waals surface area contributed by atoms with Crippen molar-refractivity contribution in [3.63, 3.8) is 0 Å². The zero-order valence-electron chi connectivity index (χ0n) is 12.3. The van der Waals surface area contributed by atoms with Gasteiger partial charge in [0.1, 0.15) is 10.8 Å². The zero-order chi connectivity index (χ0) is 17.0. The predicted octanol–water partition coefficient (Wildman–Crippen LogP) is 3.04. The van der Waals surface area contributed by atoms with Gasteiger partial charge in [-0.2, -0.15) is 10.4 Å². The molecule has 0 aliphatic carbocycles. The van der Waals surface area contributed by atoms with Crippen LogP contribution in [0.5, 0.6) is 0 Å². The van der Waals surface area contributed by atoms with Gasteiger partial charge in [0, 0.05) is 12.1 Å². The largest absolute Gasteiger partial charge is 0.288 e. The van der Waals surface area contributed by atoms with Crippen molar-refractivity contribution in [2.24, 2.45) is 0 Å². The Morgan fingerprint density at radius 1 is 1.43 bits per heavy atom. The van der Waals surface area contributed by atoms with Crippen LogP contribution in [0.1, 0.15) is 18.1 Å². The summed E-state index contributed by atoms with van der Waals surface area (Å²) < 4.78 is 15.1. The third-order valence-electron chi connectivity index (χ3n) is 3.30. The van der Waals surface area contributed by atoms with Crippen molar-refractivity contribution in [3.05, 3.63) is 61.7 Å². The summed E-state index contributed by atoms with van der Waals surface area (Å²) in [4.78, 5) is 13.8. The average Bonchev–Trinajstić information content (AvgIpc) is 2.55. The fourth-order valence-corrected chi connectivity index (χ4v) is 2.25. The molecule has 120 valence electrons. The highest BCUT2D eigenvalue weighted by molar-refractivity contribution is 6.41. The number of rotatable bonds is 5. The second-order valence-electron chi connectivity index (χ2n) is 4.82. The van der Waals surface area contributed by atoms with Crippen LogP contribution in [0.3, 0.4) is 0 Å². The Morgan fingerprint density at radius 2 is 2.17 bits per heavy atom. The Bertz CT molecular complexity index is 816. The molecule has 0 fully saturated rings. The quantitative estimate of drug-likeness (QED) is 0.827. The van der Waals surface area contributed by atoms with E-state index in [1.807, 2.05) is 17.9 Å². The van der Waals surface area contributed by atoms with Gasteiger partial charge in [0.05, 0.1) is 29.5 Å². The monoisotopic (exact) mass is 354 g/mol. The number of nitriles is 1. The van der Waals surface area contributed by atoms with Crippen molar-refractivity contribution in [2.75, 3.05) is 6.54 Å². The van der Waals surface area contributed by atoms with Crippen molar-refractivity contribution in [3.8, 4) is 6.07 Å². The molecule has 1 aromatic carbocycles. The zero-order valence-corrected chi connectivity index (χ0v) is 13.8. The molecule has 0 bridgehead atoms. The topological polar surface area (TPSA) is 61.9 Å². The maximum Gasteiger partial charge on any atom is 0.288 e. The summed E-state index contributed by atoms with van der Waals surface area (Å²) in [5.74, 6) is -0.461. The van der Waals surface area contributed by atoms with E-state index in [9.17, 15) is 9.18 Å². The van der Waals surface area contributed by atoms with Gasteiger partial charge in [0.15, 0.2) is 0 Å². The van der Waals surface area contributed by atoms with Crippen LogP contribution in [-0.2, 0) is 13.2 Å². The van der Waals surface area contributed by atoms with E-state index in [4.69, 9.17) is 28.5 Å². The molecule has 0 amide bonds. The van der Waals surface area contributed by atoms with E-state index in [2.05, 4.69) is 5.10 Å². The first-order chi connectivity index (χ1) is 11.0. The molecule has 0 N–H and O–H groups in total. The highest BCUT2D eigenvalue weighted by Gasteiger charge is 2.13. The summed E-state index contributed by atoms with van der Waals surface area (Å²) in [6, 6.07) is 6.18. The minimum absolute atomic E-state index is 0.0918. The Balaban J connectivity index is 2.20. The number of aromatic nitrogens is 2. The fourth-order valence-electron chi connectivity index (χ4n) is 1.98. The molecule has 0 radical (unpaired) electrons. The van der Waals surface area contributed by atoms with Crippen molar-refractivity contribution in [1.82, 2.24) is 14.7 Å². The predicted molar refractivity (Wildman–Crippen MR) is 85.7 cm³/mol. The normalized spacial score (nSPS) is 10.8. The molecule has 0 aliphatic rings.